The number of anilines is 1. The van der Waals surface area contributed by atoms with Gasteiger partial charge in [0.1, 0.15) is 0 Å². The third-order valence-corrected chi connectivity index (χ3v) is 5.14. The maximum atomic E-state index is 2.69. The number of rotatable bonds is 2. The van der Waals surface area contributed by atoms with Gasteiger partial charge in [-0.15, -0.1) is 0 Å². The fourth-order valence-corrected chi connectivity index (χ4v) is 4.36. The summed E-state index contributed by atoms with van der Waals surface area (Å²) in [7, 11) is 0. The van der Waals surface area contributed by atoms with Gasteiger partial charge in [-0.05, 0) is 42.5 Å². The molecule has 102 valence electrons. The first-order chi connectivity index (χ1) is 9.90. The monoisotopic (exact) mass is 263 g/mol. The highest BCUT2D eigenvalue weighted by Crippen LogP contribution is 2.51. The van der Waals surface area contributed by atoms with Crippen molar-refractivity contribution < 1.29 is 0 Å². The molecule has 0 aromatic heterocycles. The number of nitrogens with zero attached hydrogens (tertiary/aromatic N) is 1. The molecule has 2 aliphatic heterocycles. The molecule has 0 amide bonds. The van der Waals surface area contributed by atoms with E-state index < -0.39 is 0 Å². The Labute approximate surface area is 121 Å². The van der Waals surface area contributed by atoms with Crippen LogP contribution in [0.5, 0.6) is 0 Å². The summed E-state index contributed by atoms with van der Waals surface area (Å²) in [6, 6.07) is 21.4. The summed E-state index contributed by atoms with van der Waals surface area (Å²) in [6.07, 6.45) is 3.86. The molecule has 1 nitrogen and oxygen atoms in total. The number of benzene rings is 2. The number of hydrogen-bond acceptors (Lipinski definition) is 1. The van der Waals surface area contributed by atoms with Gasteiger partial charge in [-0.1, -0.05) is 49.4 Å². The fourth-order valence-electron chi connectivity index (χ4n) is 4.36. The second-order valence-electron chi connectivity index (χ2n) is 6.05. The molecule has 0 saturated carbocycles. The van der Waals surface area contributed by atoms with E-state index in [2.05, 4.69) is 66.4 Å². The Balaban J connectivity index is 1.85. The number of fused-ring (bicyclic) bond motifs is 4. The Bertz CT molecular complexity index is 604. The maximum Gasteiger partial charge on any atom is 0.0549 e. The Morgan fingerprint density at radius 2 is 1.60 bits per heavy atom. The van der Waals surface area contributed by atoms with Crippen LogP contribution in [0.4, 0.5) is 5.69 Å². The molecule has 0 N–H and O–H groups in total. The topological polar surface area (TPSA) is 3.24 Å². The molecule has 1 fully saturated rings. The van der Waals surface area contributed by atoms with Crippen LogP contribution in [0, 0.1) is 0 Å². The fraction of sp³-hybridized carbons (Fsp3) is 0.368. The lowest BCUT2D eigenvalue weighted by molar-refractivity contribution is 0.481. The minimum absolute atomic E-state index is 0.585. The third-order valence-electron chi connectivity index (χ3n) is 5.14. The van der Waals surface area contributed by atoms with Gasteiger partial charge in [-0.25, -0.2) is 0 Å². The third kappa shape index (κ3) is 1.62. The minimum Gasteiger partial charge on any atom is -0.361 e. The van der Waals surface area contributed by atoms with Crippen molar-refractivity contribution in [1.29, 1.82) is 0 Å². The molecule has 20 heavy (non-hydrogen) atoms. The van der Waals surface area contributed by atoms with E-state index in [0.717, 1.165) is 0 Å². The van der Waals surface area contributed by atoms with E-state index in [1.54, 1.807) is 11.1 Å². The van der Waals surface area contributed by atoms with Crippen LogP contribution in [-0.2, 0) is 0 Å². The van der Waals surface area contributed by atoms with Crippen molar-refractivity contribution >= 4 is 5.69 Å². The van der Waals surface area contributed by atoms with Crippen LogP contribution in [0.15, 0.2) is 54.6 Å². The van der Waals surface area contributed by atoms with Crippen LogP contribution in [0.2, 0.25) is 0 Å². The quantitative estimate of drug-likeness (QED) is 0.744. The van der Waals surface area contributed by atoms with Crippen molar-refractivity contribution in [2.75, 3.05) is 4.90 Å². The van der Waals surface area contributed by atoms with Gasteiger partial charge < -0.3 is 4.90 Å². The Morgan fingerprint density at radius 1 is 0.900 bits per heavy atom. The molecule has 0 spiro atoms. The number of hydrogen-bond donors (Lipinski definition) is 0. The lowest BCUT2D eigenvalue weighted by Gasteiger charge is -2.43. The van der Waals surface area contributed by atoms with E-state index in [1.807, 2.05) is 0 Å². The van der Waals surface area contributed by atoms with Crippen molar-refractivity contribution in [1.82, 2.24) is 0 Å². The molecule has 2 bridgehead atoms. The molecule has 2 aliphatic rings. The first-order valence-electron chi connectivity index (χ1n) is 7.82. The van der Waals surface area contributed by atoms with Gasteiger partial charge in [0.15, 0.2) is 0 Å². The zero-order valence-electron chi connectivity index (χ0n) is 12.0. The summed E-state index contributed by atoms with van der Waals surface area (Å²) < 4.78 is 0. The summed E-state index contributed by atoms with van der Waals surface area (Å²) in [6.45, 7) is 2.34. The van der Waals surface area contributed by atoms with Gasteiger partial charge in [-0.3, -0.25) is 0 Å². The smallest absolute Gasteiger partial charge is 0.0549 e. The molecule has 2 heterocycles. The molecule has 4 rings (SSSR count). The van der Waals surface area contributed by atoms with Crippen molar-refractivity contribution in [3.05, 3.63) is 65.7 Å². The van der Waals surface area contributed by atoms with Crippen molar-refractivity contribution in [3.8, 4) is 0 Å². The molecule has 0 aliphatic carbocycles. The maximum absolute atomic E-state index is 2.69. The van der Waals surface area contributed by atoms with Crippen molar-refractivity contribution in [3.63, 3.8) is 0 Å². The second kappa shape index (κ2) is 4.66. The molecular formula is C19H21N. The molecule has 2 aromatic rings. The predicted octanol–water partition coefficient (Wildman–Crippen LogP) is 4.90. The number of para-hydroxylation sites is 1. The highest BCUT2D eigenvalue weighted by molar-refractivity contribution is 5.56. The minimum atomic E-state index is 0.585. The average Bonchev–Trinajstić information content (AvgIpc) is 2.87. The average molecular weight is 263 g/mol. The van der Waals surface area contributed by atoms with E-state index in [4.69, 9.17) is 0 Å². The highest BCUT2D eigenvalue weighted by Gasteiger charge is 2.44. The lowest BCUT2D eigenvalue weighted by Crippen LogP contribution is -2.40. The van der Waals surface area contributed by atoms with Gasteiger partial charge >= 0.3 is 0 Å². The standard InChI is InChI=1S/C19H21N/c1-2-15-16-10-6-7-11-17(16)19-13-12-18(15)20(19)14-8-4-3-5-9-14/h3-11,15,18-19H,2,12-13H2,1H3/t15-,18+,19-/m0/s1. The molecule has 1 heteroatoms. The molecular weight excluding hydrogens is 242 g/mol. The summed E-state index contributed by atoms with van der Waals surface area (Å²) >= 11 is 0. The Kier molecular flexibility index (Phi) is 2.80. The van der Waals surface area contributed by atoms with E-state index in [1.165, 1.54) is 24.9 Å². The van der Waals surface area contributed by atoms with Gasteiger partial charge in [0.05, 0.1) is 6.04 Å². The van der Waals surface area contributed by atoms with Gasteiger partial charge in [0.25, 0.3) is 0 Å². The van der Waals surface area contributed by atoms with Crippen molar-refractivity contribution in [2.45, 2.75) is 44.2 Å². The normalized spacial score (nSPS) is 27.4. The molecule has 1 saturated heterocycles. The highest BCUT2D eigenvalue weighted by atomic mass is 15.2. The van der Waals surface area contributed by atoms with Gasteiger partial charge in [0.2, 0.25) is 0 Å². The SMILES string of the molecule is CC[C@H]1c2ccccc2[C@@H]2CC[C@H]1N2c1ccccc1. The Morgan fingerprint density at radius 3 is 2.35 bits per heavy atom. The molecule has 0 unspecified atom stereocenters. The van der Waals surface area contributed by atoms with E-state index in [-0.39, 0.29) is 0 Å². The zero-order chi connectivity index (χ0) is 13.5. The summed E-state index contributed by atoms with van der Waals surface area (Å²) in [5.41, 5.74) is 4.57. The molecule has 0 radical (unpaired) electrons. The zero-order valence-corrected chi connectivity index (χ0v) is 12.0. The van der Waals surface area contributed by atoms with Crippen LogP contribution in [0.1, 0.15) is 49.3 Å². The predicted molar refractivity (Wildman–Crippen MR) is 84.2 cm³/mol. The first-order valence-corrected chi connectivity index (χ1v) is 7.82. The molecule has 2 aromatic carbocycles. The van der Waals surface area contributed by atoms with Crippen LogP contribution in [0.3, 0.4) is 0 Å². The molecule has 3 atom stereocenters. The van der Waals surface area contributed by atoms with Crippen LogP contribution in [-0.4, -0.2) is 6.04 Å². The van der Waals surface area contributed by atoms with Crippen LogP contribution in [0.25, 0.3) is 0 Å². The summed E-state index contributed by atoms with van der Waals surface area (Å²) in [5, 5.41) is 0. The largest absolute Gasteiger partial charge is 0.361 e. The van der Waals surface area contributed by atoms with Crippen LogP contribution >= 0.6 is 0 Å². The summed E-state index contributed by atoms with van der Waals surface area (Å²) in [5.74, 6) is 0.685. The summed E-state index contributed by atoms with van der Waals surface area (Å²) in [4.78, 5) is 2.69. The van der Waals surface area contributed by atoms with Crippen molar-refractivity contribution in [2.24, 2.45) is 0 Å². The lowest BCUT2D eigenvalue weighted by atomic mass is 9.82. The van der Waals surface area contributed by atoms with E-state index in [9.17, 15) is 0 Å². The van der Waals surface area contributed by atoms with E-state index >= 15 is 0 Å². The van der Waals surface area contributed by atoms with Gasteiger partial charge in [0, 0.05) is 17.6 Å². The van der Waals surface area contributed by atoms with Gasteiger partial charge in [-0.2, -0.15) is 0 Å². The Hall–Kier alpha value is -1.76. The first kappa shape index (κ1) is 12.0. The second-order valence-corrected chi connectivity index (χ2v) is 6.05. The van der Waals surface area contributed by atoms with Crippen LogP contribution < -0.4 is 4.90 Å². The van der Waals surface area contributed by atoms with E-state index in [0.29, 0.717) is 18.0 Å².